The molecule has 2 bridgehead atoms. The molecule has 3 aromatic rings. The van der Waals surface area contributed by atoms with E-state index in [1.807, 2.05) is 12.1 Å². The summed E-state index contributed by atoms with van der Waals surface area (Å²) in [4.78, 5) is 25.3. The third kappa shape index (κ3) is 6.72. The maximum Gasteiger partial charge on any atom is 0.302 e. The Kier molecular flexibility index (Phi) is 9.16. The summed E-state index contributed by atoms with van der Waals surface area (Å²) in [6, 6.07) is 12.6. The predicted molar refractivity (Wildman–Crippen MR) is 171 cm³/mol. The molecule has 1 aromatic heterocycles. The summed E-state index contributed by atoms with van der Waals surface area (Å²) < 4.78 is 43.8. The minimum atomic E-state index is -3.94. The maximum absolute atomic E-state index is 12.9. The smallest absolute Gasteiger partial charge is 0.302 e. The molecule has 3 aliphatic rings. The molecule has 3 fully saturated rings. The highest BCUT2D eigenvalue weighted by Crippen LogP contribution is 2.47. The number of carbonyl (C=O) groups is 2. The molecule has 1 amide bonds. The maximum atomic E-state index is 12.9. The second-order valence-electron chi connectivity index (χ2n) is 12.1. The first-order chi connectivity index (χ1) is 21.6. The highest BCUT2D eigenvalue weighted by molar-refractivity contribution is 7.93. The number of hydrogen-bond donors (Lipinski definition) is 0. The van der Waals surface area contributed by atoms with Gasteiger partial charge in [0.05, 0.1) is 34.2 Å². The van der Waals surface area contributed by atoms with Crippen LogP contribution in [0, 0.1) is 5.92 Å². The Hall–Kier alpha value is -3.12. The van der Waals surface area contributed by atoms with Crippen LogP contribution in [0.4, 0.5) is 11.4 Å². The van der Waals surface area contributed by atoms with Crippen LogP contribution in [-0.2, 0) is 35.7 Å². The molecule has 6 rings (SSSR count). The number of carbonyl (C=O) groups excluding carboxylic acids is 2. The summed E-state index contributed by atoms with van der Waals surface area (Å²) in [5.41, 5.74) is 3.44. The van der Waals surface area contributed by atoms with Crippen molar-refractivity contribution in [1.29, 1.82) is 0 Å². The normalized spacial score (nSPS) is 21.6. The van der Waals surface area contributed by atoms with E-state index < -0.39 is 22.1 Å². The lowest BCUT2D eigenvalue weighted by Gasteiger charge is -2.33. The fraction of sp³-hybridized carbons (Fsp3) is 0.469. The summed E-state index contributed by atoms with van der Waals surface area (Å²) >= 11 is 13.0. The van der Waals surface area contributed by atoms with Crippen molar-refractivity contribution >= 4 is 57.0 Å². The van der Waals surface area contributed by atoms with Gasteiger partial charge in [0.15, 0.2) is 0 Å². The van der Waals surface area contributed by atoms with Crippen LogP contribution in [0.1, 0.15) is 63.2 Å². The van der Waals surface area contributed by atoms with Crippen LogP contribution >= 0.6 is 23.2 Å². The standard InChI is InChI=1S/C32H35Cl2N3O7S/c1-19(43-20(2)39)12-13-45(40,41)37(18-38)24-10-8-23(9-11-24)36-16-22-14-25(36)15-29(22)42-17-26-31(35-44-32(26)21-6-7-21)30-27(33)4-3-5-28(30)34/h3-5,8-11,18-19,21-22,25,29H,6-7,12-17H2,1-2H3/t19?,22-,25-,29+/m0/s1. The van der Waals surface area contributed by atoms with Crippen LogP contribution in [0.5, 0.6) is 0 Å². The molecule has 2 saturated carbocycles. The molecule has 45 heavy (non-hydrogen) atoms. The topological polar surface area (TPSA) is 119 Å². The first kappa shape index (κ1) is 31.8. The number of nitrogens with zero attached hydrogens (tertiary/aromatic N) is 3. The van der Waals surface area contributed by atoms with Crippen LogP contribution in [0.25, 0.3) is 11.3 Å². The molecule has 0 spiro atoms. The second kappa shape index (κ2) is 12.9. The minimum absolute atomic E-state index is 0.0760. The largest absolute Gasteiger partial charge is 0.463 e. The highest BCUT2D eigenvalue weighted by Gasteiger charge is 2.46. The van der Waals surface area contributed by atoms with E-state index in [2.05, 4.69) is 10.1 Å². The Bertz CT molecular complexity index is 1660. The van der Waals surface area contributed by atoms with Crippen molar-refractivity contribution in [2.75, 3.05) is 21.5 Å². The predicted octanol–water partition coefficient (Wildman–Crippen LogP) is 6.34. The van der Waals surface area contributed by atoms with Crippen LogP contribution in [0.15, 0.2) is 47.0 Å². The van der Waals surface area contributed by atoms with Gasteiger partial charge in [0.25, 0.3) is 0 Å². The van der Waals surface area contributed by atoms with Crippen molar-refractivity contribution in [2.24, 2.45) is 5.92 Å². The lowest BCUT2D eigenvalue weighted by molar-refractivity contribution is -0.145. The molecular weight excluding hydrogens is 641 g/mol. The van der Waals surface area contributed by atoms with E-state index >= 15 is 0 Å². The van der Waals surface area contributed by atoms with E-state index in [1.54, 1.807) is 37.3 Å². The van der Waals surface area contributed by atoms with Gasteiger partial charge in [0.1, 0.15) is 17.6 Å². The number of esters is 1. The summed E-state index contributed by atoms with van der Waals surface area (Å²) in [6.07, 6.45) is 3.85. The molecular formula is C32H35Cl2N3O7S. The van der Waals surface area contributed by atoms with Gasteiger partial charge in [-0.3, -0.25) is 9.59 Å². The average molecular weight is 677 g/mol. The summed E-state index contributed by atoms with van der Waals surface area (Å²) in [6.45, 7) is 4.05. The molecule has 2 aromatic carbocycles. The zero-order valence-electron chi connectivity index (χ0n) is 25.0. The second-order valence-corrected chi connectivity index (χ2v) is 14.9. The van der Waals surface area contributed by atoms with E-state index in [0.29, 0.717) is 46.2 Å². The zero-order chi connectivity index (χ0) is 31.9. The van der Waals surface area contributed by atoms with Crippen LogP contribution in [0.2, 0.25) is 10.0 Å². The third-order valence-electron chi connectivity index (χ3n) is 8.87. The monoisotopic (exact) mass is 675 g/mol. The number of hydrogen-bond acceptors (Lipinski definition) is 9. The molecule has 0 N–H and O–H groups in total. The molecule has 2 aliphatic carbocycles. The molecule has 4 atom stereocenters. The number of rotatable bonds is 13. The third-order valence-corrected chi connectivity index (χ3v) is 11.1. The van der Waals surface area contributed by atoms with Crippen molar-refractivity contribution in [2.45, 2.75) is 76.7 Å². The average Bonchev–Trinajstić information content (AvgIpc) is 3.44. The van der Waals surface area contributed by atoms with E-state index in [1.165, 1.54) is 6.92 Å². The molecule has 1 saturated heterocycles. The van der Waals surface area contributed by atoms with Gasteiger partial charge in [-0.2, -0.15) is 0 Å². The Labute approximate surface area is 272 Å². The highest BCUT2D eigenvalue weighted by atomic mass is 35.5. The van der Waals surface area contributed by atoms with E-state index in [0.717, 1.165) is 53.5 Å². The minimum Gasteiger partial charge on any atom is -0.463 e. The lowest BCUT2D eigenvalue weighted by atomic mass is 10.0. The zero-order valence-corrected chi connectivity index (χ0v) is 27.4. The Balaban J connectivity index is 1.09. The Morgan fingerprint density at radius 2 is 1.87 bits per heavy atom. The van der Waals surface area contributed by atoms with E-state index in [9.17, 15) is 18.0 Å². The number of amides is 1. The number of aromatic nitrogens is 1. The van der Waals surface area contributed by atoms with Gasteiger partial charge in [0.2, 0.25) is 16.4 Å². The van der Waals surface area contributed by atoms with Crippen molar-refractivity contribution in [3.05, 3.63) is 63.8 Å². The number of benzene rings is 2. The number of sulfonamides is 1. The number of ether oxygens (including phenoxy) is 2. The van der Waals surface area contributed by atoms with Crippen molar-refractivity contribution in [3.8, 4) is 11.3 Å². The quantitative estimate of drug-likeness (QED) is 0.151. The molecule has 1 unspecified atom stereocenters. The first-order valence-corrected chi connectivity index (χ1v) is 17.5. The van der Waals surface area contributed by atoms with Gasteiger partial charge >= 0.3 is 5.97 Å². The van der Waals surface area contributed by atoms with Crippen LogP contribution in [-0.4, -0.2) is 56.5 Å². The van der Waals surface area contributed by atoms with Crippen LogP contribution < -0.4 is 9.21 Å². The molecule has 240 valence electrons. The van der Waals surface area contributed by atoms with Gasteiger partial charge in [-0.1, -0.05) is 34.4 Å². The molecule has 10 nitrogen and oxygen atoms in total. The Morgan fingerprint density at radius 3 is 2.47 bits per heavy atom. The van der Waals surface area contributed by atoms with Gasteiger partial charge in [-0.25, -0.2) is 12.7 Å². The molecule has 0 radical (unpaired) electrons. The van der Waals surface area contributed by atoms with Gasteiger partial charge in [0, 0.05) is 48.2 Å². The number of halogens is 2. The number of anilines is 2. The first-order valence-electron chi connectivity index (χ1n) is 15.1. The number of piperidine rings is 1. The fourth-order valence-electron chi connectivity index (χ4n) is 6.50. The van der Waals surface area contributed by atoms with Crippen LogP contribution in [0.3, 0.4) is 0 Å². The summed E-state index contributed by atoms with van der Waals surface area (Å²) in [5, 5.41) is 5.40. The van der Waals surface area contributed by atoms with Crippen molar-refractivity contribution in [1.82, 2.24) is 5.16 Å². The molecule has 13 heteroatoms. The summed E-state index contributed by atoms with van der Waals surface area (Å²) in [5.74, 6) is 0.720. The lowest BCUT2D eigenvalue weighted by Crippen LogP contribution is -2.38. The Morgan fingerprint density at radius 1 is 1.16 bits per heavy atom. The van der Waals surface area contributed by atoms with Crippen molar-refractivity contribution in [3.63, 3.8) is 0 Å². The van der Waals surface area contributed by atoms with E-state index in [-0.39, 0.29) is 30.0 Å². The summed E-state index contributed by atoms with van der Waals surface area (Å²) in [7, 11) is -3.94. The SMILES string of the molecule is CC(=O)OC(C)CCS(=O)(=O)N(C=O)c1ccc(N2C[C@@H]3C[C@H]2C[C@H]3OCc2c(-c3c(Cl)cccc3Cl)noc2C2CC2)cc1. The molecule has 1 aliphatic heterocycles. The van der Waals surface area contributed by atoms with Gasteiger partial charge in [-0.05, 0) is 75.4 Å². The van der Waals surface area contributed by atoms with Gasteiger partial charge in [-0.15, -0.1) is 0 Å². The molecule has 2 heterocycles. The van der Waals surface area contributed by atoms with Gasteiger partial charge < -0.3 is 18.9 Å². The van der Waals surface area contributed by atoms with E-state index in [4.69, 9.17) is 37.2 Å². The number of fused-ring (bicyclic) bond motifs is 2. The fourth-order valence-corrected chi connectivity index (χ4v) is 8.48. The van der Waals surface area contributed by atoms with Crippen molar-refractivity contribution < 1.29 is 32.0 Å².